The Kier molecular flexibility index (Phi) is 2.97. The van der Waals surface area contributed by atoms with Gasteiger partial charge in [0.15, 0.2) is 0 Å². The van der Waals surface area contributed by atoms with Crippen molar-refractivity contribution in [2.24, 2.45) is 12.8 Å². The number of aryl methyl sites for hydroxylation is 1. The normalized spacial score (nSPS) is 16.4. The molecule has 2 aromatic rings. The second kappa shape index (κ2) is 4.63. The summed E-state index contributed by atoms with van der Waals surface area (Å²) in [6, 6.07) is 8.80. The molecule has 0 amide bonds. The summed E-state index contributed by atoms with van der Waals surface area (Å²) in [5, 5.41) is 1.27. The standard InChI is InChI=1S/C14H19N3O/c1-16-13(10-15)9-11-8-12(2-3-14(11)16)17-4-6-18-7-5-17/h2-3,8-9H,4-7,10,15H2,1H3. The van der Waals surface area contributed by atoms with E-state index < -0.39 is 0 Å². The summed E-state index contributed by atoms with van der Waals surface area (Å²) >= 11 is 0. The van der Waals surface area contributed by atoms with Gasteiger partial charge in [-0.1, -0.05) is 0 Å². The van der Waals surface area contributed by atoms with Gasteiger partial charge in [-0.05, 0) is 24.3 Å². The third kappa shape index (κ3) is 1.87. The molecule has 0 spiro atoms. The van der Waals surface area contributed by atoms with Gasteiger partial charge in [-0.25, -0.2) is 0 Å². The maximum Gasteiger partial charge on any atom is 0.0642 e. The average molecular weight is 245 g/mol. The lowest BCUT2D eigenvalue weighted by atomic mass is 10.2. The fourth-order valence-corrected chi connectivity index (χ4v) is 2.61. The van der Waals surface area contributed by atoms with Crippen LogP contribution >= 0.6 is 0 Å². The molecule has 18 heavy (non-hydrogen) atoms. The predicted molar refractivity (Wildman–Crippen MR) is 73.8 cm³/mol. The Morgan fingerprint density at radius 2 is 2.00 bits per heavy atom. The number of aromatic nitrogens is 1. The number of hydrogen-bond donors (Lipinski definition) is 1. The molecule has 4 nitrogen and oxygen atoms in total. The molecule has 3 rings (SSSR count). The second-order valence-corrected chi connectivity index (χ2v) is 4.74. The van der Waals surface area contributed by atoms with Gasteiger partial charge in [-0.3, -0.25) is 0 Å². The molecule has 0 bridgehead atoms. The molecule has 1 aliphatic rings. The van der Waals surface area contributed by atoms with Gasteiger partial charge in [0.2, 0.25) is 0 Å². The Hall–Kier alpha value is -1.52. The summed E-state index contributed by atoms with van der Waals surface area (Å²) in [7, 11) is 2.07. The number of rotatable bonds is 2. The summed E-state index contributed by atoms with van der Waals surface area (Å²) in [5.41, 5.74) is 9.44. The number of anilines is 1. The molecule has 0 unspecified atom stereocenters. The lowest BCUT2D eigenvalue weighted by Gasteiger charge is -2.28. The minimum Gasteiger partial charge on any atom is -0.378 e. The zero-order valence-corrected chi connectivity index (χ0v) is 10.7. The maximum absolute atomic E-state index is 5.75. The van der Waals surface area contributed by atoms with Crippen molar-refractivity contribution in [3.05, 3.63) is 30.0 Å². The number of fused-ring (bicyclic) bond motifs is 1. The van der Waals surface area contributed by atoms with Crippen LogP contribution < -0.4 is 10.6 Å². The molecular formula is C14H19N3O. The Labute approximate surface area is 107 Å². The van der Waals surface area contributed by atoms with Crippen molar-refractivity contribution in [3.63, 3.8) is 0 Å². The maximum atomic E-state index is 5.75. The van der Waals surface area contributed by atoms with Gasteiger partial charge in [0.25, 0.3) is 0 Å². The van der Waals surface area contributed by atoms with Crippen LogP contribution in [-0.2, 0) is 18.3 Å². The largest absolute Gasteiger partial charge is 0.378 e. The van der Waals surface area contributed by atoms with Crippen LogP contribution in [0.5, 0.6) is 0 Å². The molecule has 4 heteroatoms. The first-order valence-electron chi connectivity index (χ1n) is 6.41. The van der Waals surface area contributed by atoms with Crippen LogP contribution in [0.2, 0.25) is 0 Å². The van der Waals surface area contributed by atoms with Crippen molar-refractivity contribution in [2.75, 3.05) is 31.2 Å². The van der Waals surface area contributed by atoms with E-state index in [1.165, 1.54) is 22.3 Å². The van der Waals surface area contributed by atoms with Crippen molar-refractivity contribution < 1.29 is 4.74 Å². The number of nitrogens with two attached hydrogens (primary N) is 1. The van der Waals surface area contributed by atoms with Crippen molar-refractivity contribution in [1.82, 2.24) is 4.57 Å². The molecule has 1 aromatic carbocycles. The van der Waals surface area contributed by atoms with Gasteiger partial charge in [-0.2, -0.15) is 0 Å². The third-order valence-electron chi connectivity index (χ3n) is 3.71. The van der Waals surface area contributed by atoms with Crippen molar-refractivity contribution in [3.8, 4) is 0 Å². The van der Waals surface area contributed by atoms with Crippen molar-refractivity contribution in [1.29, 1.82) is 0 Å². The second-order valence-electron chi connectivity index (χ2n) is 4.74. The van der Waals surface area contributed by atoms with Crippen LogP contribution in [-0.4, -0.2) is 30.9 Å². The van der Waals surface area contributed by atoms with E-state index in [1.807, 2.05) is 0 Å². The molecule has 1 aliphatic heterocycles. The zero-order chi connectivity index (χ0) is 12.5. The fraction of sp³-hybridized carbons (Fsp3) is 0.429. The molecular weight excluding hydrogens is 226 g/mol. The van der Waals surface area contributed by atoms with Gasteiger partial charge in [0.05, 0.1) is 13.2 Å². The Morgan fingerprint density at radius 1 is 1.22 bits per heavy atom. The monoisotopic (exact) mass is 245 g/mol. The minimum absolute atomic E-state index is 0.581. The number of morpholine rings is 1. The Morgan fingerprint density at radius 3 is 2.72 bits per heavy atom. The predicted octanol–water partition coefficient (Wildman–Crippen LogP) is 1.47. The molecule has 0 aliphatic carbocycles. The number of nitrogens with zero attached hydrogens (tertiary/aromatic N) is 2. The molecule has 1 fully saturated rings. The smallest absolute Gasteiger partial charge is 0.0642 e. The summed E-state index contributed by atoms with van der Waals surface area (Å²) in [6.45, 7) is 4.17. The summed E-state index contributed by atoms with van der Waals surface area (Å²) in [6.07, 6.45) is 0. The van der Waals surface area contributed by atoms with E-state index >= 15 is 0 Å². The van der Waals surface area contributed by atoms with Gasteiger partial charge in [0.1, 0.15) is 0 Å². The van der Waals surface area contributed by atoms with Crippen LogP contribution in [0.1, 0.15) is 5.69 Å². The quantitative estimate of drug-likeness (QED) is 0.871. The highest BCUT2D eigenvalue weighted by Gasteiger charge is 2.12. The van der Waals surface area contributed by atoms with Crippen LogP contribution in [0.4, 0.5) is 5.69 Å². The van der Waals surface area contributed by atoms with E-state index in [2.05, 4.69) is 40.8 Å². The van der Waals surface area contributed by atoms with E-state index in [-0.39, 0.29) is 0 Å². The third-order valence-corrected chi connectivity index (χ3v) is 3.71. The average Bonchev–Trinajstić information content (AvgIpc) is 2.76. The van der Waals surface area contributed by atoms with E-state index in [4.69, 9.17) is 10.5 Å². The molecule has 1 saturated heterocycles. The van der Waals surface area contributed by atoms with Crippen LogP contribution in [0.25, 0.3) is 10.9 Å². The zero-order valence-electron chi connectivity index (χ0n) is 10.7. The molecule has 2 N–H and O–H groups in total. The highest BCUT2D eigenvalue weighted by atomic mass is 16.5. The van der Waals surface area contributed by atoms with Crippen molar-refractivity contribution in [2.45, 2.75) is 6.54 Å². The van der Waals surface area contributed by atoms with E-state index in [1.54, 1.807) is 0 Å². The van der Waals surface area contributed by atoms with Gasteiger partial charge >= 0.3 is 0 Å². The first kappa shape index (κ1) is 11.6. The number of benzene rings is 1. The summed E-state index contributed by atoms with van der Waals surface area (Å²) < 4.78 is 7.55. The highest BCUT2D eigenvalue weighted by molar-refractivity contribution is 5.85. The first-order valence-corrected chi connectivity index (χ1v) is 6.41. The number of hydrogen-bond acceptors (Lipinski definition) is 3. The Balaban J connectivity index is 2.00. The molecule has 96 valence electrons. The van der Waals surface area contributed by atoms with E-state index in [0.717, 1.165) is 26.3 Å². The molecule has 0 atom stereocenters. The van der Waals surface area contributed by atoms with Crippen molar-refractivity contribution >= 4 is 16.6 Å². The first-order chi connectivity index (χ1) is 8.79. The van der Waals surface area contributed by atoms with Gasteiger partial charge in [-0.15, -0.1) is 0 Å². The van der Waals surface area contributed by atoms with E-state index in [9.17, 15) is 0 Å². The number of ether oxygens (including phenoxy) is 1. The molecule has 0 radical (unpaired) electrons. The molecule has 1 aromatic heterocycles. The van der Waals surface area contributed by atoms with Crippen LogP contribution in [0.3, 0.4) is 0 Å². The van der Waals surface area contributed by atoms with E-state index in [0.29, 0.717) is 6.54 Å². The fourth-order valence-electron chi connectivity index (χ4n) is 2.61. The summed E-state index contributed by atoms with van der Waals surface area (Å²) in [4.78, 5) is 2.37. The highest BCUT2D eigenvalue weighted by Crippen LogP contribution is 2.25. The van der Waals surface area contributed by atoms with Gasteiger partial charge in [0, 0.05) is 49.0 Å². The molecule has 0 saturated carbocycles. The minimum atomic E-state index is 0.581. The van der Waals surface area contributed by atoms with Gasteiger partial charge < -0.3 is 19.9 Å². The van der Waals surface area contributed by atoms with Crippen LogP contribution in [0, 0.1) is 0 Å². The Bertz CT molecular complexity index is 555. The molecule has 2 heterocycles. The SMILES string of the molecule is Cn1c(CN)cc2cc(N3CCOCC3)ccc21. The van der Waals surface area contributed by atoms with Crippen LogP contribution in [0.15, 0.2) is 24.3 Å². The summed E-state index contributed by atoms with van der Waals surface area (Å²) in [5.74, 6) is 0. The lowest BCUT2D eigenvalue weighted by molar-refractivity contribution is 0.122. The lowest BCUT2D eigenvalue weighted by Crippen LogP contribution is -2.36. The topological polar surface area (TPSA) is 43.4 Å².